The van der Waals surface area contributed by atoms with Crippen molar-refractivity contribution in [2.75, 3.05) is 11.3 Å². The van der Waals surface area contributed by atoms with Crippen molar-refractivity contribution in [2.45, 2.75) is 37.2 Å². The van der Waals surface area contributed by atoms with Crippen LogP contribution in [0.4, 0.5) is 5.95 Å². The molecule has 2 aliphatic rings. The van der Waals surface area contributed by atoms with Crippen molar-refractivity contribution in [2.24, 2.45) is 0 Å². The lowest BCUT2D eigenvalue weighted by atomic mass is 10.00. The van der Waals surface area contributed by atoms with Gasteiger partial charge in [0.25, 0.3) is 10.0 Å². The maximum atomic E-state index is 13.4. The van der Waals surface area contributed by atoms with Gasteiger partial charge in [-0.25, -0.2) is 18.1 Å². The third-order valence-electron chi connectivity index (χ3n) is 6.66. The fraction of sp³-hybridized carbons (Fsp3) is 0.214. The monoisotopic (exact) mass is 592 g/mol. The molecule has 0 saturated carbocycles. The van der Waals surface area contributed by atoms with Gasteiger partial charge in [0.1, 0.15) is 18.4 Å². The molecule has 194 valence electrons. The van der Waals surface area contributed by atoms with Gasteiger partial charge in [0, 0.05) is 22.6 Å². The number of epoxide rings is 1. The molecule has 3 atom stereocenters. The molecule has 6 rings (SSSR count). The lowest BCUT2D eigenvalue weighted by Crippen LogP contribution is -2.28. The minimum absolute atomic E-state index is 0.0642. The van der Waals surface area contributed by atoms with E-state index in [2.05, 4.69) is 35.9 Å². The molecule has 0 radical (unpaired) electrons. The minimum Gasteiger partial charge on any atom is -0.468 e. The van der Waals surface area contributed by atoms with E-state index in [0.29, 0.717) is 12.2 Å². The predicted molar refractivity (Wildman–Crippen MR) is 147 cm³/mol. The highest BCUT2D eigenvalue weighted by Gasteiger charge is 2.41. The lowest BCUT2D eigenvalue weighted by Gasteiger charge is -2.21. The smallest absolute Gasteiger partial charge is 0.264 e. The number of hydrogen-bond acceptors (Lipinski definition) is 7. The maximum Gasteiger partial charge on any atom is 0.264 e. The molecule has 8 nitrogen and oxygen atoms in total. The van der Waals surface area contributed by atoms with Crippen LogP contribution in [0.2, 0.25) is 0 Å². The van der Waals surface area contributed by atoms with Gasteiger partial charge in [-0.15, -0.1) is 0 Å². The van der Waals surface area contributed by atoms with Crippen molar-refractivity contribution < 1.29 is 17.9 Å². The average molecular weight is 594 g/mol. The van der Waals surface area contributed by atoms with Crippen LogP contribution in [0.25, 0.3) is 11.3 Å². The molecule has 1 aromatic heterocycles. The number of aryl methyl sites for hydroxylation is 2. The Morgan fingerprint density at radius 2 is 1.66 bits per heavy atom. The summed E-state index contributed by atoms with van der Waals surface area (Å²) in [7, 11) is -3.97. The molecule has 0 spiro atoms. The van der Waals surface area contributed by atoms with Crippen molar-refractivity contribution in [3.05, 3.63) is 99.5 Å². The third-order valence-corrected chi connectivity index (χ3v) is 8.52. The van der Waals surface area contributed by atoms with Crippen LogP contribution in [-0.2, 0) is 14.8 Å². The molecule has 4 bridgehead atoms. The van der Waals surface area contributed by atoms with Crippen LogP contribution in [0.1, 0.15) is 34.5 Å². The maximum absolute atomic E-state index is 13.4. The van der Waals surface area contributed by atoms with E-state index in [9.17, 15) is 8.42 Å². The van der Waals surface area contributed by atoms with E-state index >= 15 is 0 Å². The number of rotatable bonds is 2. The number of anilines is 1. The van der Waals surface area contributed by atoms with Gasteiger partial charge in [-0.3, -0.25) is 5.32 Å². The van der Waals surface area contributed by atoms with Gasteiger partial charge in [0.15, 0.2) is 0 Å². The first-order chi connectivity index (χ1) is 18.3. The Kier molecular flexibility index (Phi) is 6.43. The number of ether oxygens (including phenoxy) is 2. The van der Waals surface area contributed by atoms with Crippen molar-refractivity contribution >= 4 is 31.9 Å². The average Bonchev–Trinajstić information content (AvgIpc) is 3.66. The number of nitrogens with one attached hydrogen (secondary N) is 2. The fourth-order valence-electron chi connectivity index (χ4n) is 4.71. The van der Waals surface area contributed by atoms with Crippen LogP contribution >= 0.6 is 15.9 Å². The number of sulfonamides is 1. The number of halogens is 1. The Balaban J connectivity index is 1.49. The summed E-state index contributed by atoms with van der Waals surface area (Å²) in [5.41, 5.74) is 5.19. The highest BCUT2D eigenvalue weighted by Crippen LogP contribution is 2.39. The van der Waals surface area contributed by atoms with Crippen LogP contribution in [0.5, 0.6) is 5.88 Å². The quantitative estimate of drug-likeness (QED) is 0.298. The SMILES string of the molecule is Cc1cccc(C)c1-c1cc2nc(n1)NS(=O)(=O)c1cccc(c1)C1OC1NCC(c1ccc(Br)cc1)O2. The molecule has 0 amide bonds. The summed E-state index contributed by atoms with van der Waals surface area (Å²) < 4.78 is 42.5. The summed E-state index contributed by atoms with van der Waals surface area (Å²) in [5.74, 6) is 0.190. The van der Waals surface area contributed by atoms with Crippen LogP contribution in [-0.4, -0.2) is 31.2 Å². The van der Waals surface area contributed by atoms with Crippen molar-refractivity contribution in [1.29, 1.82) is 0 Å². The van der Waals surface area contributed by atoms with Gasteiger partial charge < -0.3 is 9.47 Å². The van der Waals surface area contributed by atoms with Crippen LogP contribution in [0.15, 0.2) is 82.2 Å². The summed E-state index contributed by atoms with van der Waals surface area (Å²) in [6.45, 7) is 4.44. The standard InChI is InChI=1S/C28H25BrN4O4S/c1-16-5-3-6-17(2)25(16)22-14-24-32-28(31-22)33-38(34,35)21-8-4-7-19(13-21)26-27(37-26)30-15-23(36-24)18-9-11-20(29)12-10-18/h3-14,23,26-27,30H,15H2,1-2H3,(H,31,32,33). The Morgan fingerprint density at radius 3 is 2.42 bits per heavy atom. The Morgan fingerprint density at radius 1 is 0.921 bits per heavy atom. The summed E-state index contributed by atoms with van der Waals surface area (Å²) in [4.78, 5) is 9.19. The fourth-order valence-corrected chi connectivity index (χ4v) is 5.97. The highest BCUT2D eigenvalue weighted by atomic mass is 79.9. The molecule has 3 unspecified atom stereocenters. The number of aromatic nitrogens is 2. The van der Waals surface area contributed by atoms with Gasteiger partial charge in [-0.1, -0.05) is 58.4 Å². The van der Waals surface area contributed by atoms with Crippen LogP contribution in [0, 0.1) is 13.8 Å². The molecule has 3 aromatic carbocycles. The highest BCUT2D eigenvalue weighted by molar-refractivity contribution is 9.10. The van der Waals surface area contributed by atoms with E-state index in [4.69, 9.17) is 9.47 Å². The van der Waals surface area contributed by atoms with Crippen molar-refractivity contribution in [3.63, 3.8) is 0 Å². The van der Waals surface area contributed by atoms with Crippen LogP contribution < -0.4 is 14.8 Å². The molecule has 38 heavy (non-hydrogen) atoms. The largest absolute Gasteiger partial charge is 0.468 e. The van der Waals surface area contributed by atoms with E-state index in [0.717, 1.165) is 32.3 Å². The molecular formula is C28H25BrN4O4S. The normalized spacial score (nSPS) is 21.8. The topological polar surface area (TPSA) is 106 Å². The summed E-state index contributed by atoms with van der Waals surface area (Å²) in [5, 5.41) is 3.41. The number of fused-ring (bicyclic) bond motifs is 6. The number of nitrogens with zero attached hydrogens (tertiary/aromatic N) is 2. The molecule has 4 aromatic rings. The van der Waals surface area contributed by atoms with E-state index in [1.165, 1.54) is 0 Å². The Hall–Kier alpha value is -3.31. The second kappa shape index (κ2) is 9.77. The number of benzene rings is 3. The molecular weight excluding hydrogens is 568 g/mol. The summed E-state index contributed by atoms with van der Waals surface area (Å²) in [6, 6.07) is 22.3. The van der Waals surface area contributed by atoms with Crippen molar-refractivity contribution in [1.82, 2.24) is 15.3 Å². The van der Waals surface area contributed by atoms with E-state index in [-0.39, 0.29) is 29.1 Å². The minimum atomic E-state index is -3.97. The Bertz CT molecular complexity index is 1610. The van der Waals surface area contributed by atoms with E-state index in [1.807, 2.05) is 62.4 Å². The van der Waals surface area contributed by atoms with Crippen molar-refractivity contribution in [3.8, 4) is 17.1 Å². The summed E-state index contributed by atoms with van der Waals surface area (Å²) in [6.07, 6.45) is -0.924. The van der Waals surface area contributed by atoms with Gasteiger partial charge in [0.05, 0.1) is 10.6 Å². The molecule has 3 heterocycles. The van der Waals surface area contributed by atoms with Crippen LogP contribution in [0.3, 0.4) is 0 Å². The summed E-state index contributed by atoms with van der Waals surface area (Å²) >= 11 is 3.49. The molecule has 0 aliphatic carbocycles. The van der Waals surface area contributed by atoms with E-state index in [1.54, 1.807) is 24.3 Å². The lowest BCUT2D eigenvalue weighted by molar-refractivity contribution is 0.186. The third kappa shape index (κ3) is 5.04. The second-order valence-electron chi connectivity index (χ2n) is 9.40. The van der Waals surface area contributed by atoms with Gasteiger partial charge >= 0.3 is 0 Å². The van der Waals surface area contributed by atoms with Gasteiger partial charge in [-0.05, 0) is 60.4 Å². The molecule has 1 saturated heterocycles. The first-order valence-electron chi connectivity index (χ1n) is 12.2. The Labute approximate surface area is 229 Å². The molecule has 2 aliphatic heterocycles. The predicted octanol–water partition coefficient (Wildman–Crippen LogP) is 5.44. The molecule has 10 heteroatoms. The first kappa shape index (κ1) is 25.0. The molecule has 1 fully saturated rings. The van der Waals surface area contributed by atoms with E-state index < -0.39 is 16.1 Å². The van der Waals surface area contributed by atoms with Gasteiger partial charge in [0.2, 0.25) is 11.8 Å². The van der Waals surface area contributed by atoms with Gasteiger partial charge in [-0.2, -0.15) is 4.98 Å². The molecule has 2 N–H and O–H groups in total. The second-order valence-corrected chi connectivity index (χ2v) is 12.0. The zero-order valence-electron chi connectivity index (χ0n) is 20.7. The zero-order valence-corrected chi connectivity index (χ0v) is 23.1. The number of hydrogen-bond donors (Lipinski definition) is 2. The first-order valence-corrected chi connectivity index (χ1v) is 14.4. The zero-order chi connectivity index (χ0) is 26.4.